The number of rotatable bonds is 5. The fourth-order valence-corrected chi connectivity index (χ4v) is 1.43. The third-order valence-electron chi connectivity index (χ3n) is 1.98. The van der Waals surface area contributed by atoms with Crippen LogP contribution >= 0.6 is 0 Å². The van der Waals surface area contributed by atoms with Crippen molar-refractivity contribution in [1.82, 2.24) is 9.03 Å². The van der Waals surface area contributed by atoms with Crippen LogP contribution in [0.1, 0.15) is 13.8 Å². The Balaban J connectivity index is 4.54. The molecule has 0 aromatic rings. The number of hydrogen-bond acceptors (Lipinski definition) is 4. The highest BCUT2D eigenvalue weighted by atomic mass is 32.2. The minimum absolute atomic E-state index is 0.0241. The molecule has 0 aliphatic heterocycles. The summed E-state index contributed by atoms with van der Waals surface area (Å²) in [6.45, 7) is 3.39. The maximum Gasteiger partial charge on any atom is 0.278 e. The molecule has 0 bridgehead atoms. The first-order chi connectivity index (χ1) is 6.63. The van der Waals surface area contributed by atoms with E-state index >= 15 is 0 Å². The average molecular weight is 238 g/mol. The van der Waals surface area contributed by atoms with Crippen LogP contribution in [-0.2, 0) is 10.2 Å². The maximum absolute atomic E-state index is 11.4. The van der Waals surface area contributed by atoms with E-state index in [0.29, 0.717) is 0 Å². The highest BCUT2D eigenvalue weighted by Gasteiger charge is 2.26. The van der Waals surface area contributed by atoms with Gasteiger partial charge in [0, 0.05) is 26.1 Å². The number of nitrogens with two attached hydrogens (primary N) is 1. The SMILES string of the molecule is CN(C)S(=O)(=O)NCC(C)(C)C(N)=NO. The van der Waals surface area contributed by atoms with Gasteiger partial charge in [-0.3, -0.25) is 0 Å². The van der Waals surface area contributed by atoms with Gasteiger partial charge in [-0.1, -0.05) is 19.0 Å². The second-order valence-electron chi connectivity index (χ2n) is 3.98. The molecule has 0 heterocycles. The number of nitrogens with zero attached hydrogens (tertiary/aromatic N) is 2. The molecule has 15 heavy (non-hydrogen) atoms. The van der Waals surface area contributed by atoms with Gasteiger partial charge in [0.25, 0.3) is 10.2 Å². The van der Waals surface area contributed by atoms with Crippen molar-refractivity contribution < 1.29 is 13.6 Å². The lowest BCUT2D eigenvalue weighted by Crippen LogP contribution is -2.45. The number of hydrogen-bond donors (Lipinski definition) is 3. The molecule has 0 amide bonds. The molecular formula is C7H18N4O3S. The van der Waals surface area contributed by atoms with Crippen molar-refractivity contribution in [2.75, 3.05) is 20.6 Å². The van der Waals surface area contributed by atoms with Crippen LogP contribution in [0.4, 0.5) is 0 Å². The van der Waals surface area contributed by atoms with Crippen molar-refractivity contribution in [2.45, 2.75) is 13.8 Å². The second-order valence-corrected chi connectivity index (χ2v) is 5.95. The van der Waals surface area contributed by atoms with Crippen LogP contribution in [0.5, 0.6) is 0 Å². The van der Waals surface area contributed by atoms with Crippen molar-refractivity contribution in [3.63, 3.8) is 0 Å². The summed E-state index contributed by atoms with van der Waals surface area (Å²) in [6, 6.07) is 0. The van der Waals surface area contributed by atoms with Crippen LogP contribution in [0.3, 0.4) is 0 Å². The Morgan fingerprint density at radius 3 is 2.33 bits per heavy atom. The Hall–Kier alpha value is -0.860. The summed E-state index contributed by atoms with van der Waals surface area (Å²) in [5.41, 5.74) is 4.67. The van der Waals surface area contributed by atoms with Crippen LogP contribution in [0.2, 0.25) is 0 Å². The molecule has 0 saturated heterocycles. The molecule has 0 aliphatic rings. The second kappa shape index (κ2) is 4.77. The normalized spacial score (nSPS) is 14.6. The zero-order valence-corrected chi connectivity index (χ0v) is 10.2. The largest absolute Gasteiger partial charge is 0.409 e. The Morgan fingerprint density at radius 2 is 2.00 bits per heavy atom. The van der Waals surface area contributed by atoms with Gasteiger partial charge in [0.2, 0.25) is 0 Å². The Labute approximate surface area is 90.1 Å². The molecular weight excluding hydrogens is 220 g/mol. The van der Waals surface area contributed by atoms with Gasteiger partial charge in [-0.15, -0.1) is 0 Å². The van der Waals surface area contributed by atoms with Gasteiger partial charge < -0.3 is 10.9 Å². The molecule has 0 fully saturated rings. The van der Waals surface area contributed by atoms with Crippen LogP contribution in [0.15, 0.2) is 5.16 Å². The molecule has 7 nitrogen and oxygen atoms in total. The number of nitrogens with one attached hydrogen (secondary N) is 1. The maximum atomic E-state index is 11.4. The Kier molecular flexibility index (Phi) is 4.50. The summed E-state index contributed by atoms with van der Waals surface area (Å²) in [6.07, 6.45) is 0. The predicted octanol–water partition coefficient (Wildman–Crippen LogP) is -0.845. The smallest absolute Gasteiger partial charge is 0.278 e. The van der Waals surface area contributed by atoms with Gasteiger partial charge in [-0.2, -0.15) is 12.7 Å². The molecule has 0 aromatic carbocycles. The lowest BCUT2D eigenvalue weighted by Gasteiger charge is -2.24. The Morgan fingerprint density at radius 1 is 1.53 bits per heavy atom. The molecule has 0 aromatic heterocycles. The molecule has 8 heteroatoms. The minimum atomic E-state index is -3.48. The van der Waals surface area contributed by atoms with E-state index in [9.17, 15) is 8.42 Å². The van der Waals surface area contributed by atoms with Crippen molar-refractivity contribution >= 4 is 16.0 Å². The molecule has 0 atom stereocenters. The first-order valence-electron chi connectivity index (χ1n) is 4.28. The van der Waals surface area contributed by atoms with Crippen LogP contribution < -0.4 is 10.5 Å². The van der Waals surface area contributed by atoms with E-state index in [1.807, 2.05) is 0 Å². The topological polar surface area (TPSA) is 108 Å². The quantitative estimate of drug-likeness (QED) is 0.251. The van der Waals surface area contributed by atoms with Crippen molar-refractivity contribution in [3.05, 3.63) is 0 Å². The van der Waals surface area contributed by atoms with Crippen LogP contribution in [-0.4, -0.2) is 44.4 Å². The third kappa shape index (κ3) is 4.02. The summed E-state index contributed by atoms with van der Waals surface area (Å²) < 4.78 is 26.1. The molecule has 0 unspecified atom stereocenters. The molecule has 0 spiro atoms. The van der Waals surface area contributed by atoms with Gasteiger partial charge in [-0.05, 0) is 0 Å². The monoisotopic (exact) mass is 238 g/mol. The van der Waals surface area contributed by atoms with E-state index in [4.69, 9.17) is 10.9 Å². The molecule has 0 rings (SSSR count). The summed E-state index contributed by atoms with van der Waals surface area (Å²) >= 11 is 0. The van der Waals surface area contributed by atoms with Crippen molar-refractivity contribution in [1.29, 1.82) is 0 Å². The molecule has 0 saturated carbocycles. The predicted molar refractivity (Wildman–Crippen MR) is 57.8 cm³/mol. The lowest BCUT2D eigenvalue weighted by atomic mass is 9.93. The summed E-state index contributed by atoms with van der Waals surface area (Å²) in [5, 5.41) is 11.3. The van der Waals surface area contributed by atoms with E-state index in [1.165, 1.54) is 14.1 Å². The highest BCUT2D eigenvalue weighted by Crippen LogP contribution is 2.13. The number of oxime groups is 1. The zero-order valence-electron chi connectivity index (χ0n) is 9.35. The first kappa shape index (κ1) is 14.1. The summed E-state index contributed by atoms with van der Waals surface area (Å²) in [5.74, 6) is -0.0241. The first-order valence-corrected chi connectivity index (χ1v) is 5.72. The Bertz CT molecular complexity index is 334. The highest BCUT2D eigenvalue weighted by molar-refractivity contribution is 7.87. The number of amidine groups is 1. The summed E-state index contributed by atoms with van der Waals surface area (Å²) in [4.78, 5) is 0. The van der Waals surface area contributed by atoms with E-state index < -0.39 is 15.6 Å². The van der Waals surface area contributed by atoms with Crippen LogP contribution in [0, 0.1) is 5.41 Å². The van der Waals surface area contributed by atoms with Gasteiger partial charge in [0.15, 0.2) is 0 Å². The average Bonchev–Trinajstić information content (AvgIpc) is 2.13. The third-order valence-corrected chi connectivity index (χ3v) is 3.45. The van der Waals surface area contributed by atoms with E-state index in [1.54, 1.807) is 13.8 Å². The van der Waals surface area contributed by atoms with E-state index in [0.717, 1.165) is 4.31 Å². The molecule has 90 valence electrons. The van der Waals surface area contributed by atoms with Gasteiger partial charge >= 0.3 is 0 Å². The van der Waals surface area contributed by atoms with Gasteiger partial charge in [0.1, 0.15) is 5.84 Å². The zero-order chi connectivity index (χ0) is 12.3. The lowest BCUT2D eigenvalue weighted by molar-refractivity contribution is 0.307. The van der Waals surface area contributed by atoms with Crippen molar-refractivity contribution in [2.24, 2.45) is 16.3 Å². The van der Waals surface area contributed by atoms with Crippen LogP contribution in [0.25, 0.3) is 0 Å². The fraction of sp³-hybridized carbons (Fsp3) is 0.857. The molecule has 0 aliphatic carbocycles. The fourth-order valence-electron chi connectivity index (χ4n) is 0.627. The van der Waals surface area contributed by atoms with Crippen molar-refractivity contribution in [3.8, 4) is 0 Å². The summed E-state index contributed by atoms with van der Waals surface area (Å²) in [7, 11) is -0.651. The van der Waals surface area contributed by atoms with Gasteiger partial charge in [0.05, 0.1) is 0 Å². The molecule has 4 N–H and O–H groups in total. The standard InChI is InChI=1S/C7H18N4O3S/c1-7(2,6(8)10-12)5-9-15(13,14)11(3)4/h9,12H,5H2,1-4H3,(H2,8,10). The van der Waals surface area contributed by atoms with Gasteiger partial charge in [-0.25, -0.2) is 4.72 Å². The van der Waals surface area contributed by atoms with E-state index in [2.05, 4.69) is 9.88 Å². The minimum Gasteiger partial charge on any atom is -0.409 e. The molecule has 0 radical (unpaired) electrons. The van der Waals surface area contributed by atoms with E-state index in [-0.39, 0.29) is 12.4 Å².